The lowest BCUT2D eigenvalue weighted by molar-refractivity contribution is 0.416. The van der Waals surface area contributed by atoms with Gasteiger partial charge in [-0.3, -0.25) is 0 Å². The lowest BCUT2D eigenvalue weighted by atomic mass is 10.1. The molecule has 0 fully saturated rings. The molecule has 0 aliphatic rings. The fourth-order valence-corrected chi connectivity index (χ4v) is 1.99. The van der Waals surface area contributed by atoms with Crippen molar-refractivity contribution in [1.82, 2.24) is 15.2 Å². The van der Waals surface area contributed by atoms with Gasteiger partial charge in [-0.05, 0) is 40.1 Å². The van der Waals surface area contributed by atoms with E-state index in [0.717, 1.165) is 31.9 Å². The van der Waals surface area contributed by atoms with E-state index in [0.29, 0.717) is 6.04 Å². The number of anilines is 1. The standard InChI is InChI=1S/C15H28N4/c1-6-9-16-13(2)14-8-7-10-17-15(14)19(5)12-11-18(3)4/h7-8,10,13,16H,6,9,11-12H2,1-5H3. The molecule has 0 bridgehead atoms. The van der Waals surface area contributed by atoms with Crippen molar-refractivity contribution in [1.29, 1.82) is 0 Å². The van der Waals surface area contributed by atoms with Crippen molar-refractivity contribution >= 4 is 5.82 Å². The van der Waals surface area contributed by atoms with Crippen LogP contribution in [0.25, 0.3) is 0 Å². The first-order chi connectivity index (χ1) is 9.06. The average molecular weight is 264 g/mol. The molecule has 4 nitrogen and oxygen atoms in total. The molecule has 1 aromatic rings. The van der Waals surface area contributed by atoms with Gasteiger partial charge in [0.25, 0.3) is 0 Å². The van der Waals surface area contributed by atoms with Gasteiger partial charge in [0.05, 0.1) is 0 Å². The van der Waals surface area contributed by atoms with E-state index in [2.05, 4.69) is 61.2 Å². The molecule has 0 aromatic carbocycles. The molecule has 1 rings (SSSR count). The number of likely N-dealkylation sites (N-methyl/N-ethyl adjacent to an activating group) is 2. The molecule has 108 valence electrons. The number of rotatable bonds is 8. The molecule has 0 aliphatic heterocycles. The zero-order valence-corrected chi connectivity index (χ0v) is 13.0. The Morgan fingerprint density at radius 3 is 2.63 bits per heavy atom. The van der Waals surface area contributed by atoms with Gasteiger partial charge in [-0.1, -0.05) is 13.0 Å². The predicted octanol–water partition coefficient (Wildman–Crippen LogP) is 2.14. The van der Waals surface area contributed by atoms with Crippen molar-refractivity contribution in [2.45, 2.75) is 26.3 Å². The molecule has 1 N–H and O–H groups in total. The highest BCUT2D eigenvalue weighted by molar-refractivity contribution is 5.47. The number of hydrogen-bond acceptors (Lipinski definition) is 4. The Balaban J connectivity index is 2.76. The maximum atomic E-state index is 4.55. The van der Waals surface area contributed by atoms with Gasteiger partial charge in [0.15, 0.2) is 0 Å². The summed E-state index contributed by atoms with van der Waals surface area (Å²) in [5.41, 5.74) is 1.28. The molecule has 4 heteroatoms. The van der Waals surface area contributed by atoms with Crippen LogP contribution in [0.5, 0.6) is 0 Å². The minimum Gasteiger partial charge on any atom is -0.358 e. The van der Waals surface area contributed by atoms with Crippen molar-refractivity contribution in [3.8, 4) is 0 Å². The number of nitrogens with zero attached hydrogens (tertiary/aromatic N) is 3. The van der Waals surface area contributed by atoms with Crippen LogP contribution in [0.2, 0.25) is 0 Å². The smallest absolute Gasteiger partial charge is 0.133 e. The van der Waals surface area contributed by atoms with Crippen LogP contribution in [0.15, 0.2) is 18.3 Å². The van der Waals surface area contributed by atoms with E-state index >= 15 is 0 Å². The number of nitrogens with one attached hydrogen (secondary N) is 1. The van der Waals surface area contributed by atoms with E-state index in [1.54, 1.807) is 0 Å². The fraction of sp³-hybridized carbons (Fsp3) is 0.667. The summed E-state index contributed by atoms with van der Waals surface area (Å²) >= 11 is 0. The molecule has 0 saturated carbocycles. The average Bonchev–Trinajstić information content (AvgIpc) is 2.42. The zero-order chi connectivity index (χ0) is 14.3. The number of aromatic nitrogens is 1. The number of hydrogen-bond donors (Lipinski definition) is 1. The minimum absolute atomic E-state index is 0.338. The normalized spacial score (nSPS) is 12.7. The molecule has 19 heavy (non-hydrogen) atoms. The Hall–Kier alpha value is -1.13. The minimum atomic E-state index is 0.338. The monoisotopic (exact) mass is 264 g/mol. The fourth-order valence-electron chi connectivity index (χ4n) is 1.99. The zero-order valence-electron chi connectivity index (χ0n) is 13.0. The summed E-state index contributed by atoms with van der Waals surface area (Å²) in [5.74, 6) is 1.08. The lowest BCUT2D eigenvalue weighted by Gasteiger charge is -2.25. The maximum absolute atomic E-state index is 4.55. The third-order valence-electron chi connectivity index (χ3n) is 3.23. The van der Waals surface area contributed by atoms with Crippen LogP contribution >= 0.6 is 0 Å². The second-order valence-corrected chi connectivity index (χ2v) is 5.32. The third kappa shape index (κ3) is 5.17. The Morgan fingerprint density at radius 2 is 2.00 bits per heavy atom. The summed E-state index contributed by atoms with van der Waals surface area (Å²) in [7, 11) is 6.30. The van der Waals surface area contributed by atoms with Crippen LogP contribution in [0.3, 0.4) is 0 Å². The van der Waals surface area contributed by atoms with Crippen LogP contribution in [-0.4, -0.2) is 50.7 Å². The Labute approximate surface area is 117 Å². The van der Waals surface area contributed by atoms with E-state index in [-0.39, 0.29) is 0 Å². The molecule has 0 spiro atoms. The third-order valence-corrected chi connectivity index (χ3v) is 3.23. The molecule has 0 aliphatic carbocycles. The van der Waals surface area contributed by atoms with E-state index in [1.807, 2.05) is 12.3 Å². The van der Waals surface area contributed by atoms with Crippen molar-refractivity contribution in [3.63, 3.8) is 0 Å². The first-order valence-electron chi connectivity index (χ1n) is 7.10. The highest BCUT2D eigenvalue weighted by Crippen LogP contribution is 2.22. The van der Waals surface area contributed by atoms with Gasteiger partial charge >= 0.3 is 0 Å². The van der Waals surface area contributed by atoms with E-state index in [4.69, 9.17) is 0 Å². The molecular formula is C15H28N4. The second-order valence-electron chi connectivity index (χ2n) is 5.32. The van der Waals surface area contributed by atoms with Crippen LogP contribution in [0.4, 0.5) is 5.82 Å². The van der Waals surface area contributed by atoms with Gasteiger partial charge in [0.2, 0.25) is 0 Å². The van der Waals surface area contributed by atoms with Gasteiger partial charge in [0.1, 0.15) is 5.82 Å². The molecule has 0 saturated heterocycles. The quantitative estimate of drug-likeness (QED) is 0.779. The van der Waals surface area contributed by atoms with Crippen molar-refractivity contribution in [2.75, 3.05) is 45.7 Å². The largest absolute Gasteiger partial charge is 0.358 e. The molecule has 1 heterocycles. The first kappa shape index (κ1) is 15.9. The maximum Gasteiger partial charge on any atom is 0.133 e. The Kier molecular flexibility index (Phi) is 6.81. The lowest BCUT2D eigenvalue weighted by Crippen LogP contribution is -2.31. The summed E-state index contributed by atoms with van der Waals surface area (Å²) < 4.78 is 0. The van der Waals surface area contributed by atoms with Crippen LogP contribution in [0, 0.1) is 0 Å². The van der Waals surface area contributed by atoms with Gasteiger partial charge < -0.3 is 15.1 Å². The van der Waals surface area contributed by atoms with E-state index < -0.39 is 0 Å². The van der Waals surface area contributed by atoms with Crippen LogP contribution < -0.4 is 10.2 Å². The highest BCUT2D eigenvalue weighted by Gasteiger charge is 2.13. The molecular weight excluding hydrogens is 236 g/mol. The van der Waals surface area contributed by atoms with Gasteiger partial charge in [-0.25, -0.2) is 4.98 Å². The molecule has 1 atom stereocenters. The van der Waals surface area contributed by atoms with Crippen LogP contribution in [-0.2, 0) is 0 Å². The summed E-state index contributed by atoms with van der Waals surface area (Å²) in [5, 5.41) is 3.53. The van der Waals surface area contributed by atoms with E-state index in [1.165, 1.54) is 5.56 Å². The van der Waals surface area contributed by atoms with Crippen LogP contribution in [0.1, 0.15) is 31.9 Å². The Bertz CT molecular complexity index is 365. The molecule has 1 aromatic heterocycles. The molecule has 0 amide bonds. The van der Waals surface area contributed by atoms with E-state index in [9.17, 15) is 0 Å². The predicted molar refractivity (Wildman–Crippen MR) is 82.8 cm³/mol. The van der Waals surface area contributed by atoms with Gasteiger partial charge in [-0.2, -0.15) is 0 Å². The van der Waals surface area contributed by atoms with Crippen molar-refractivity contribution in [3.05, 3.63) is 23.9 Å². The van der Waals surface area contributed by atoms with Gasteiger partial charge in [-0.15, -0.1) is 0 Å². The Morgan fingerprint density at radius 1 is 1.26 bits per heavy atom. The number of pyridine rings is 1. The molecule has 0 radical (unpaired) electrons. The van der Waals surface area contributed by atoms with Crippen molar-refractivity contribution < 1.29 is 0 Å². The summed E-state index contributed by atoms with van der Waals surface area (Å²) in [6.45, 7) is 7.45. The summed E-state index contributed by atoms with van der Waals surface area (Å²) in [4.78, 5) is 8.98. The summed E-state index contributed by atoms with van der Waals surface area (Å²) in [6, 6.07) is 4.52. The summed E-state index contributed by atoms with van der Waals surface area (Å²) in [6.07, 6.45) is 3.02. The van der Waals surface area contributed by atoms with Gasteiger partial charge in [0, 0.05) is 37.9 Å². The topological polar surface area (TPSA) is 31.4 Å². The SMILES string of the molecule is CCCNC(C)c1cccnc1N(C)CCN(C)C. The first-order valence-corrected chi connectivity index (χ1v) is 7.10. The molecule has 1 unspecified atom stereocenters. The highest BCUT2D eigenvalue weighted by atomic mass is 15.2. The van der Waals surface area contributed by atoms with Crippen molar-refractivity contribution in [2.24, 2.45) is 0 Å². The second kappa shape index (κ2) is 8.12.